The van der Waals surface area contributed by atoms with Crippen LogP contribution < -0.4 is 5.32 Å². The number of imide groups is 1. The second-order valence-electron chi connectivity index (χ2n) is 5.67. The van der Waals surface area contributed by atoms with Crippen LogP contribution in [-0.2, 0) is 14.4 Å². The Kier molecular flexibility index (Phi) is 3.89. The van der Waals surface area contributed by atoms with E-state index in [4.69, 9.17) is 5.11 Å². The summed E-state index contributed by atoms with van der Waals surface area (Å²) in [6.45, 7) is 3.52. The largest absolute Gasteiger partial charge is 0.481 e. The molecule has 0 aromatic carbocycles. The first kappa shape index (κ1) is 15.3. The monoisotopic (exact) mass is 297 g/mol. The molecule has 0 spiro atoms. The van der Waals surface area contributed by atoms with Gasteiger partial charge in [-0.1, -0.05) is 6.92 Å². The minimum Gasteiger partial charge on any atom is -0.481 e. The van der Waals surface area contributed by atoms with Crippen LogP contribution in [0.2, 0.25) is 0 Å². The minimum absolute atomic E-state index is 0.128. The first-order valence-electron chi connectivity index (χ1n) is 6.93. The summed E-state index contributed by atoms with van der Waals surface area (Å²) in [5.74, 6) is -2.32. The maximum absolute atomic E-state index is 12.2. The van der Waals surface area contributed by atoms with Gasteiger partial charge in [0.15, 0.2) is 0 Å². The van der Waals surface area contributed by atoms with Crippen molar-refractivity contribution in [1.29, 1.82) is 0 Å². The fraction of sp³-hybridized carbons (Fsp3) is 0.692. The van der Waals surface area contributed by atoms with Crippen LogP contribution in [0.15, 0.2) is 0 Å². The molecule has 2 rings (SSSR count). The maximum Gasteiger partial charge on any atom is 0.325 e. The molecular formula is C13H19N3O5. The Bertz CT molecular complexity index is 506. The lowest BCUT2D eigenvalue weighted by molar-refractivity contribution is -0.142. The molecule has 8 heteroatoms. The molecule has 2 atom stereocenters. The zero-order chi connectivity index (χ0) is 15.8. The number of hydrogen-bond acceptors (Lipinski definition) is 4. The molecule has 2 unspecified atom stereocenters. The second-order valence-corrected chi connectivity index (χ2v) is 5.67. The van der Waals surface area contributed by atoms with Gasteiger partial charge in [-0.3, -0.25) is 19.3 Å². The first-order valence-corrected chi connectivity index (χ1v) is 6.93. The Morgan fingerprint density at radius 3 is 2.57 bits per heavy atom. The molecule has 2 N–H and O–H groups in total. The third-order valence-electron chi connectivity index (χ3n) is 4.24. The van der Waals surface area contributed by atoms with Gasteiger partial charge < -0.3 is 15.3 Å². The van der Waals surface area contributed by atoms with Gasteiger partial charge in [-0.05, 0) is 19.8 Å². The predicted molar refractivity (Wildman–Crippen MR) is 71.3 cm³/mol. The molecule has 21 heavy (non-hydrogen) atoms. The molecular weight excluding hydrogens is 278 g/mol. The van der Waals surface area contributed by atoms with E-state index >= 15 is 0 Å². The number of carbonyl (C=O) groups excluding carboxylic acids is 3. The number of nitrogens with one attached hydrogen (secondary N) is 1. The van der Waals surface area contributed by atoms with E-state index < -0.39 is 35.3 Å². The SMILES string of the molecule is CCC1(C)NC(=O)N(CC(=O)N2CCC(C(=O)O)C2)C1=O. The third-order valence-corrected chi connectivity index (χ3v) is 4.24. The van der Waals surface area contributed by atoms with Crippen LogP contribution in [0.25, 0.3) is 0 Å². The standard InChI is InChI=1S/C13H19N3O5/c1-3-13(2)11(20)16(12(21)14-13)7-9(17)15-5-4-8(6-15)10(18)19/h8H,3-7H2,1-2H3,(H,14,21)(H,18,19). The Hall–Kier alpha value is -2.12. The number of nitrogens with zero attached hydrogens (tertiary/aromatic N) is 2. The molecule has 4 amide bonds. The highest BCUT2D eigenvalue weighted by Gasteiger charge is 2.47. The second kappa shape index (κ2) is 5.34. The number of carboxylic acids is 1. The van der Waals surface area contributed by atoms with E-state index in [9.17, 15) is 19.2 Å². The molecule has 2 fully saturated rings. The molecule has 0 bridgehead atoms. The number of aliphatic carboxylic acids is 1. The average molecular weight is 297 g/mol. The van der Waals surface area contributed by atoms with Crippen molar-refractivity contribution in [2.24, 2.45) is 5.92 Å². The van der Waals surface area contributed by atoms with Crippen molar-refractivity contribution in [3.05, 3.63) is 0 Å². The number of amides is 4. The summed E-state index contributed by atoms with van der Waals surface area (Å²) in [7, 11) is 0. The van der Waals surface area contributed by atoms with Crippen molar-refractivity contribution in [2.45, 2.75) is 32.2 Å². The van der Waals surface area contributed by atoms with E-state index in [0.29, 0.717) is 19.4 Å². The smallest absolute Gasteiger partial charge is 0.325 e. The summed E-state index contributed by atoms with van der Waals surface area (Å²) in [6.07, 6.45) is 0.834. The molecule has 0 aliphatic carbocycles. The number of carboxylic acid groups (broad SMARTS) is 1. The van der Waals surface area contributed by atoms with E-state index in [1.807, 2.05) is 0 Å². The van der Waals surface area contributed by atoms with Gasteiger partial charge in [-0.25, -0.2) is 4.79 Å². The lowest BCUT2D eigenvalue weighted by Gasteiger charge is -2.21. The molecule has 0 aromatic heterocycles. The maximum atomic E-state index is 12.2. The van der Waals surface area contributed by atoms with E-state index in [1.54, 1.807) is 13.8 Å². The zero-order valence-electron chi connectivity index (χ0n) is 12.1. The number of carbonyl (C=O) groups is 4. The van der Waals surface area contributed by atoms with Gasteiger partial charge in [0, 0.05) is 13.1 Å². The van der Waals surface area contributed by atoms with Crippen molar-refractivity contribution in [3.8, 4) is 0 Å². The van der Waals surface area contributed by atoms with Crippen LogP contribution in [0, 0.1) is 5.92 Å². The Labute approximate surface area is 122 Å². The van der Waals surface area contributed by atoms with Crippen LogP contribution >= 0.6 is 0 Å². The van der Waals surface area contributed by atoms with Crippen molar-refractivity contribution < 1.29 is 24.3 Å². The van der Waals surface area contributed by atoms with Gasteiger partial charge >= 0.3 is 12.0 Å². The van der Waals surface area contributed by atoms with E-state index in [-0.39, 0.29) is 13.1 Å². The molecule has 0 aromatic rings. The number of rotatable bonds is 4. The molecule has 2 heterocycles. The zero-order valence-corrected chi connectivity index (χ0v) is 12.1. The van der Waals surface area contributed by atoms with Gasteiger partial charge in [0.1, 0.15) is 12.1 Å². The van der Waals surface area contributed by atoms with Crippen LogP contribution in [-0.4, -0.2) is 63.9 Å². The van der Waals surface area contributed by atoms with Gasteiger partial charge in [-0.2, -0.15) is 0 Å². The highest BCUT2D eigenvalue weighted by Crippen LogP contribution is 2.22. The summed E-state index contributed by atoms with van der Waals surface area (Å²) >= 11 is 0. The van der Waals surface area contributed by atoms with Gasteiger partial charge in [-0.15, -0.1) is 0 Å². The fourth-order valence-corrected chi connectivity index (χ4v) is 2.55. The molecule has 2 saturated heterocycles. The highest BCUT2D eigenvalue weighted by molar-refractivity contribution is 6.08. The van der Waals surface area contributed by atoms with Gasteiger partial charge in [0.2, 0.25) is 5.91 Å². The van der Waals surface area contributed by atoms with Gasteiger partial charge in [0.25, 0.3) is 5.91 Å². The first-order chi connectivity index (χ1) is 9.78. The lowest BCUT2D eigenvalue weighted by atomic mass is 9.99. The van der Waals surface area contributed by atoms with Crippen LogP contribution in [0.1, 0.15) is 26.7 Å². The van der Waals surface area contributed by atoms with Crippen molar-refractivity contribution in [3.63, 3.8) is 0 Å². The van der Waals surface area contributed by atoms with Crippen molar-refractivity contribution in [1.82, 2.24) is 15.1 Å². The number of hydrogen-bond donors (Lipinski definition) is 2. The van der Waals surface area contributed by atoms with Crippen molar-refractivity contribution >= 4 is 23.8 Å². The third kappa shape index (κ3) is 2.70. The number of urea groups is 1. The Morgan fingerprint density at radius 2 is 2.10 bits per heavy atom. The fourth-order valence-electron chi connectivity index (χ4n) is 2.55. The summed E-state index contributed by atoms with van der Waals surface area (Å²) in [5, 5.41) is 11.5. The lowest BCUT2D eigenvalue weighted by Crippen LogP contribution is -2.45. The van der Waals surface area contributed by atoms with Crippen molar-refractivity contribution in [2.75, 3.05) is 19.6 Å². The molecule has 0 radical (unpaired) electrons. The summed E-state index contributed by atoms with van der Waals surface area (Å²) in [4.78, 5) is 49.3. The molecule has 2 aliphatic rings. The van der Waals surface area contributed by atoms with E-state index in [0.717, 1.165) is 4.90 Å². The van der Waals surface area contributed by atoms with Gasteiger partial charge in [0.05, 0.1) is 5.92 Å². The van der Waals surface area contributed by atoms with E-state index in [2.05, 4.69) is 5.32 Å². The Balaban J connectivity index is 1.99. The highest BCUT2D eigenvalue weighted by atomic mass is 16.4. The molecule has 0 saturated carbocycles. The Morgan fingerprint density at radius 1 is 1.43 bits per heavy atom. The predicted octanol–water partition coefficient (Wildman–Crippen LogP) is -0.360. The summed E-state index contributed by atoms with van der Waals surface area (Å²) in [6, 6.07) is -0.577. The number of likely N-dealkylation sites (tertiary alicyclic amines) is 1. The quantitative estimate of drug-likeness (QED) is 0.689. The average Bonchev–Trinajstić information content (AvgIpc) is 2.99. The molecule has 2 aliphatic heterocycles. The van der Waals surface area contributed by atoms with E-state index in [1.165, 1.54) is 4.90 Å². The van der Waals surface area contributed by atoms with Crippen LogP contribution in [0.3, 0.4) is 0 Å². The van der Waals surface area contributed by atoms with Crippen LogP contribution in [0.4, 0.5) is 4.79 Å². The summed E-state index contributed by atoms with van der Waals surface area (Å²) in [5.41, 5.74) is -0.966. The van der Waals surface area contributed by atoms with Crippen LogP contribution in [0.5, 0.6) is 0 Å². The topological polar surface area (TPSA) is 107 Å². The molecule has 8 nitrogen and oxygen atoms in total. The minimum atomic E-state index is -0.966. The summed E-state index contributed by atoms with van der Waals surface area (Å²) < 4.78 is 0. The molecule has 116 valence electrons. The normalized spacial score (nSPS) is 29.0.